The predicted molar refractivity (Wildman–Crippen MR) is 78.9 cm³/mol. The number of carbonyl (C=O) groups excluding carboxylic acids is 1. The topological polar surface area (TPSA) is 69.7 Å². The van der Waals surface area contributed by atoms with Gasteiger partial charge in [0.05, 0.1) is 6.20 Å². The van der Waals surface area contributed by atoms with Crippen LogP contribution in [0.25, 0.3) is 0 Å². The average Bonchev–Trinajstić information content (AvgIpc) is 3.00. The number of benzene rings is 1. The van der Waals surface area contributed by atoms with E-state index in [1.807, 2.05) is 31.2 Å². The number of nitrogens with zero attached hydrogens (tertiary/aromatic N) is 1. The van der Waals surface area contributed by atoms with Gasteiger partial charge in [0, 0.05) is 12.2 Å². The Kier molecular flexibility index (Phi) is 4.09. The molecule has 6 nitrogen and oxygen atoms in total. The monoisotopic (exact) mass is 300 g/mol. The molecular formula is C16H16N2O4. The van der Waals surface area contributed by atoms with Crippen LogP contribution in [0.2, 0.25) is 0 Å². The normalized spacial score (nSPS) is 12.0. The van der Waals surface area contributed by atoms with Crippen molar-refractivity contribution in [3.63, 3.8) is 0 Å². The number of ether oxygens (including phenoxy) is 3. The molecule has 1 aliphatic heterocycles. The minimum Gasteiger partial charge on any atom is -0.482 e. The van der Waals surface area contributed by atoms with E-state index in [0.717, 1.165) is 17.0 Å². The van der Waals surface area contributed by atoms with Crippen molar-refractivity contribution in [2.75, 3.05) is 13.4 Å². The number of aromatic nitrogens is 1. The lowest BCUT2D eigenvalue weighted by Crippen LogP contribution is -2.28. The van der Waals surface area contributed by atoms with E-state index in [0.29, 0.717) is 18.0 Å². The lowest BCUT2D eigenvalue weighted by atomic mass is 10.2. The van der Waals surface area contributed by atoms with Gasteiger partial charge in [-0.3, -0.25) is 9.78 Å². The Morgan fingerprint density at radius 2 is 2.14 bits per heavy atom. The first-order valence-corrected chi connectivity index (χ1v) is 6.91. The fourth-order valence-electron chi connectivity index (χ4n) is 1.99. The number of fused-ring (bicyclic) bond motifs is 1. The van der Waals surface area contributed by atoms with Gasteiger partial charge in [0.2, 0.25) is 6.79 Å². The number of carbonyl (C=O) groups is 1. The molecule has 0 radical (unpaired) electrons. The Morgan fingerprint density at radius 1 is 1.27 bits per heavy atom. The van der Waals surface area contributed by atoms with Gasteiger partial charge < -0.3 is 19.5 Å². The molecule has 3 rings (SSSR count). The molecule has 2 heterocycles. The third kappa shape index (κ3) is 3.46. The zero-order valence-corrected chi connectivity index (χ0v) is 12.2. The Hall–Kier alpha value is -2.76. The fourth-order valence-corrected chi connectivity index (χ4v) is 1.99. The van der Waals surface area contributed by atoms with Crippen LogP contribution >= 0.6 is 0 Å². The quantitative estimate of drug-likeness (QED) is 0.912. The van der Waals surface area contributed by atoms with Gasteiger partial charge in [0.15, 0.2) is 18.1 Å². The molecule has 0 saturated carbocycles. The first-order valence-electron chi connectivity index (χ1n) is 6.91. The van der Waals surface area contributed by atoms with E-state index in [1.54, 1.807) is 12.3 Å². The van der Waals surface area contributed by atoms with Crippen LogP contribution in [0.5, 0.6) is 17.2 Å². The van der Waals surface area contributed by atoms with Crippen LogP contribution in [0, 0.1) is 6.92 Å². The lowest BCUT2D eigenvalue weighted by Gasteiger charge is -2.08. The third-order valence-electron chi connectivity index (χ3n) is 3.18. The summed E-state index contributed by atoms with van der Waals surface area (Å²) >= 11 is 0. The second-order valence-corrected chi connectivity index (χ2v) is 4.89. The van der Waals surface area contributed by atoms with Gasteiger partial charge >= 0.3 is 0 Å². The number of hydrogen-bond acceptors (Lipinski definition) is 5. The summed E-state index contributed by atoms with van der Waals surface area (Å²) in [5.74, 6) is 1.81. The van der Waals surface area contributed by atoms with Gasteiger partial charge in [-0.25, -0.2) is 0 Å². The standard InChI is InChI=1S/C16H16N2O4/c1-11-2-4-13(8-17-11)20-9-16(19)18-7-12-3-5-14-15(6-12)22-10-21-14/h2-6,8H,7,9-10H2,1H3,(H,18,19). The summed E-state index contributed by atoms with van der Waals surface area (Å²) in [6.07, 6.45) is 1.60. The van der Waals surface area contributed by atoms with Crippen molar-refractivity contribution < 1.29 is 19.0 Å². The fraction of sp³-hybridized carbons (Fsp3) is 0.250. The van der Waals surface area contributed by atoms with Gasteiger partial charge in [-0.15, -0.1) is 0 Å². The van der Waals surface area contributed by atoms with Gasteiger partial charge in [-0.2, -0.15) is 0 Å². The molecule has 0 unspecified atom stereocenters. The smallest absolute Gasteiger partial charge is 0.258 e. The number of aryl methyl sites for hydroxylation is 1. The van der Waals surface area contributed by atoms with E-state index < -0.39 is 0 Å². The molecule has 114 valence electrons. The van der Waals surface area contributed by atoms with Gasteiger partial charge in [0.25, 0.3) is 5.91 Å². The number of amides is 1. The predicted octanol–water partition coefficient (Wildman–Crippen LogP) is 1.81. The van der Waals surface area contributed by atoms with Crippen molar-refractivity contribution in [2.45, 2.75) is 13.5 Å². The molecule has 0 fully saturated rings. The van der Waals surface area contributed by atoms with E-state index in [-0.39, 0.29) is 19.3 Å². The van der Waals surface area contributed by atoms with Crippen LogP contribution in [0.3, 0.4) is 0 Å². The average molecular weight is 300 g/mol. The highest BCUT2D eigenvalue weighted by atomic mass is 16.7. The molecule has 2 aromatic rings. The summed E-state index contributed by atoms with van der Waals surface area (Å²) < 4.78 is 15.9. The summed E-state index contributed by atoms with van der Waals surface area (Å²) in [7, 11) is 0. The molecule has 0 aliphatic carbocycles. The largest absolute Gasteiger partial charge is 0.482 e. The number of pyridine rings is 1. The number of hydrogen-bond donors (Lipinski definition) is 1. The second kappa shape index (κ2) is 6.34. The SMILES string of the molecule is Cc1ccc(OCC(=O)NCc2ccc3c(c2)OCO3)cn1. The summed E-state index contributed by atoms with van der Waals surface area (Å²) in [4.78, 5) is 15.9. The summed E-state index contributed by atoms with van der Waals surface area (Å²) in [5.41, 5.74) is 1.84. The van der Waals surface area contributed by atoms with Crippen molar-refractivity contribution >= 4 is 5.91 Å². The Labute approximate surface area is 128 Å². The van der Waals surface area contributed by atoms with Crippen LogP contribution in [0.15, 0.2) is 36.5 Å². The summed E-state index contributed by atoms with van der Waals surface area (Å²) in [5, 5.41) is 2.79. The molecule has 22 heavy (non-hydrogen) atoms. The molecule has 0 saturated heterocycles. The van der Waals surface area contributed by atoms with E-state index in [4.69, 9.17) is 14.2 Å². The minimum absolute atomic E-state index is 0.0463. The Morgan fingerprint density at radius 3 is 2.95 bits per heavy atom. The highest BCUT2D eigenvalue weighted by Gasteiger charge is 2.13. The van der Waals surface area contributed by atoms with Crippen LogP contribution < -0.4 is 19.5 Å². The van der Waals surface area contributed by atoms with E-state index in [2.05, 4.69) is 10.3 Å². The number of nitrogens with one attached hydrogen (secondary N) is 1. The van der Waals surface area contributed by atoms with Crippen molar-refractivity contribution in [3.05, 3.63) is 47.8 Å². The molecule has 0 bridgehead atoms. The van der Waals surface area contributed by atoms with Crippen LogP contribution in [0.4, 0.5) is 0 Å². The van der Waals surface area contributed by atoms with Crippen molar-refractivity contribution in [1.29, 1.82) is 0 Å². The molecule has 1 aliphatic rings. The maximum Gasteiger partial charge on any atom is 0.258 e. The summed E-state index contributed by atoms with van der Waals surface area (Å²) in [6, 6.07) is 9.19. The maximum atomic E-state index is 11.8. The van der Waals surface area contributed by atoms with Crippen molar-refractivity contribution in [1.82, 2.24) is 10.3 Å². The van der Waals surface area contributed by atoms with E-state index in [1.165, 1.54) is 0 Å². The van der Waals surface area contributed by atoms with Gasteiger partial charge in [0.1, 0.15) is 5.75 Å². The number of rotatable bonds is 5. The van der Waals surface area contributed by atoms with Crippen molar-refractivity contribution in [3.8, 4) is 17.2 Å². The van der Waals surface area contributed by atoms with Crippen LogP contribution in [-0.4, -0.2) is 24.3 Å². The van der Waals surface area contributed by atoms with Gasteiger partial charge in [-0.05, 0) is 36.8 Å². The zero-order valence-electron chi connectivity index (χ0n) is 12.2. The minimum atomic E-state index is -0.196. The second-order valence-electron chi connectivity index (χ2n) is 4.89. The zero-order chi connectivity index (χ0) is 15.4. The summed E-state index contributed by atoms with van der Waals surface area (Å²) in [6.45, 7) is 2.49. The molecule has 1 amide bonds. The molecule has 0 spiro atoms. The molecule has 1 N–H and O–H groups in total. The first-order chi connectivity index (χ1) is 10.7. The van der Waals surface area contributed by atoms with Crippen LogP contribution in [0.1, 0.15) is 11.3 Å². The highest BCUT2D eigenvalue weighted by molar-refractivity contribution is 5.77. The van der Waals surface area contributed by atoms with E-state index >= 15 is 0 Å². The van der Waals surface area contributed by atoms with E-state index in [9.17, 15) is 4.79 Å². The molecule has 6 heteroatoms. The third-order valence-corrected chi connectivity index (χ3v) is 3.18. The van der Waals surface area contributed by atoms with Crippen LogP contribution in [-0.2, 0) is 11.3 Å². The van der Waals surface area contributed by atoms with Gasteiger partial charge in [-0.1, -0.05) is 6.07 Å². The lowest BCUT2D eigenvalue weighted by molar-refractivity contribution is -0.123. The molecule has 0 atom stereocenters. The maximum absolute atomic E-state index is 11.8. The Bertz CT molecular complexity index is 670. The van der Waals surface area contributed by atoms with Crippen molar-refractivity contribution in [2.24, 2.45) is 0 Å². The molecule has 1 aromatic carbocycles. The highest BCUT2D eigenvalue weighted by Crippen LogP contribution is 2.32. The first kappa shape index (κ1) is 14.2. The molecule has 1 aromatic heterocycles. The molecular weight excluding hydrogens is 284 g/mol. The Balaban J connectivity index is 1.47.